The maximum absolute atomic E-state index is 11.3. The number of H-pyrrole nitrogens is 1. The van der Waals surface area contributed by atoms with Crippen LogP contribution in [0.15, 0.2) is 29.4 Å². The molecule has 0 spiro atoms. The Hall–Kier alpha value is -1.49. The van der Waals surface area contributed by atoms with E-state index < -0.39 is 10.7 Å². The van der Waals surface area contributed by atoms with Crippen molar-refractivity contribution < 1.29 is 9.90 Å². The van der Waals surface area contributed by atoms with Gasteiger partial charge in [0.1, 0.15) is 4.75 Å². The SMILES string of the molecule is O=C(O)C1(Sc2ccc3nc[nH]c3c2)CCC1. The first-order chi connectivity index (χ1) is 8.20. The Balaban J connectivity index is 1.91. The van der Waals surface area contributed by atoms with E-state index in [1.54, 1.807) is 6.33 Å². The number of carboxylic acids is 1. The number of carboxylic acid groups (broad SMARTS) is 1. The molecule has 0 bridgehead atoms. The van der Waals surface area contributed by atoms with Gasteiger partial charge in [0, 0.05) is 4.90 Å². The molecule has 0 saturated heterocycles. The van der Waals surface area contributed by atoms with Crippen LogP contribution in [0.2, 0.25) is 0 Å². The Labute approximate surface area is 102 Å². The van der Waals surface area contributed by atoms with E-state index in [0.29, 0.717) is 0 Å². The molecule has 1 aliphatic carbocycles. The number of nitrogens with one attached hydrogen (secondary N) is 1. The zero-order valence-electron chi connectivity index (χ0n) is 9.14. The van der Waals surface area contributed by atoms with E-state index in [9.17, 15) is 9.90 Å². The highest BCUT2D eigenvalue weighted by molar-refractivity contribution is 8.01. The second kappa shape index (κ2) is 3.77. The lowest BCUT2D eigenvalue weighted by Gasteiger charge is -2.36. The number of carbonyl (C=O) groups is 1. The second-order valence-electron chi connectivity index (χ2n) is 4.34. The van der Waals surface area contributed by atoms with Crippen molar-refractivity contribution in [1.29, 1.82) is 0 Å². The summed E-state index contributed by atoms with van der Waals surface area (Å²) in [4.78, 5) is 19.5. The summed E-state index contributed by atoms with van der Waals surface area (Å²) < 4.78 is -0.603. The van der Waals surface area contributed by atoms with E-state index >= 15 is 0 Å². The smallest absolute Gasteiger partial charge is 0.320 e. The van der Waals surface area contributed by atoms with E-state index in [1.807, 2.05) is 18.2 Å². The fraction of sp³-hybridized carbons (Fsp3) is 0.333. The van der Waals surface area contributed by atoms with Crippen LogP contribution in [0.1, 0.15) is 19.3 Å². The second-order valence-corrected chi connectivity index (χ2v) is 5.79. The third kappa shape index (κ3) is 1.70. The average Bonchev–Trinajstić information content (AvgIpc) is 2.69. The molecule has 0 unspecified atom stereocenters. The lowest BCUT2D eigenvalue weighted by molar-refractivity contribution is -0.142. The van der Waals surface area contributed by atoms with Crippen molar-refractivity contribution in [3.8, 4) is 0 Å². The highest BCUT2D eigenvalue weighted by Gasteiger charge is 2.45. The van der Waals surface area contributed by atoms with Crippen molar-refractivity contribution in [2.45, 2.75) is 28.9 Å². The van der Waals surface area contributed by atoms with Gasteiger partial charge in [0.15, 0.2) is 0 Å². The number of rotatable bonds is 3. The number of aromatic amines is 1. The summed E-state index contributed by atoms with van der Waals surface area (Å²) in [5.74, 6) is -0.696. The van der Waals surface area contributed by atoms with E-state index in [4.69, 9.17) is 0 Å². The van der Waals surface area contributed by atoms with Crippen LogP contribution in [0, 0.1) is 0 Å². The Morgan fingerprint density at radius 1 is 1.47 bits per heavy atom. The summed E-state index contributed by atoms with van der Waals surface area (Å²) in [6.07, 6.45) is 4.17. The lowest BCUT2D eigenvalue weighted by Crippen LogP contribution is -2.41. The number of hydrogen-bond acceptors (Lipinski definition) is 3. The molecule has 0 atom stereocenters. The minimum Gasteiger partial charge on any atom is -0.480 e. The first-order valence-electron chi connectivity index (χ1n) is 5.55. The molecule has 0 aliphatic heterocycles. The maximum atomic E-state index is 11.3. The maximum Gasteiger partial charge on any atom is 0.320 e. The minimum atomic E-state index is -0.696. The molecule has 2 aromatic rings. The van der Waals surface area contributed by atoms with Gasteiger partial charge in [-0.3, -0.25) is 4.79 Å². The molecule has 1 aliphatic rings. The van der Waals surface area contributed by atoms with E-state index in [1.165, 1.54) is 11.8 Å². The summed E-state index contributed by atoms with van der Waals surface area (Å²) in [7, 11) is 0. The zero-order chi connectivity index (χ0) is 11.9. The van der Waals surface area contributed by atoms with Gasteiger partial charge in [0.05, 0.1) is 17.4 Å². The Bertz CT molecular complexity index is 575. The monoisotopic (exact) mass is 248 g/mol. The van der Waals surface area contributed by atoms with Gasteiger partial charge in [-0.15, -0.1) is 11.8 Å². The molecule has 17 heavy (non-hydrogen) atoms. The molecular weight excluding hydrogens is 236 g/mol. The largest absolute Gasteiger partial charge is 0.480 e. The predicted molar refractivity (Wildman–Crippen MR) is 66.2 cm³/mol. The van der Waals surface area contributed by atoms with Crippen molar-refractivity contribution in [1.82, 2.24) is 9.97 Å². The van der Waals surface area contributed by atoms with E-state index in [-0.39, 0.29) is 0 Å². The van der Waals surface area contributed by atoms with Gasteiger partial charge >= 0.3 is 5.97 Å². The molecule has 2 N–H and O–H groups in total. The number of aliphatic carboxylic acids is 1. The number of nitrogens with zero attached hydrogens (tertiary/aromatic N) is 1. The van der Waals surface area contributed by atoms with E-state index in [2.05, 4.69) is 9.97 Å². The predicted octanol–water partition coefficient (Wildman–Crippen LogP) is 2.66. The molecular formula is C12H12N2O2S. The van der Waals surface area contributed by atoms with Crippen LogP contribution in [-0.2, 0) is 4.79 Å². The van der Waals surface area contributed by atoms with Crippen LogP contribution in [0.25, 0.3) is 11.0 Å². The molecule has 3 rings (SSSR count). The Kier molecular flexibility index (Phi) is 2.36. The summed E-state index contributed by atoms with van der Waals surface area (Å²) in [6.45, 7) is 0. The van der Waals surface area contributed by atoms with Crippen molar-refractivity contribution in [3.05, 3.63) is 24.5 Å². The highest BCUT2D eigenvalue weighted by Crippen LogP contribution is 2.48. The summed E-state index contributed by atoms with van der Waals surface area (Å²) in [6, 6.07) is 5.83. The van der Waals surface area contributed by atoms with Crippen LogP contribution in [0.3, 0.4) is 0 Å². The number of hydrogen-bond donors (Lipinski definition) is 2. The highest BCUT2D eigenvalue weighted by atomic mass is 32.2. The third-order valence-corrected chi connectivity index (χ3v) is 4.72. The average molecular weight is 248 g/mol. The van der Waals surface area contributed by atoms with Gasteiger partial charge in [0.25, 0.3) is 0 Å². The molecule has 0 amide bonds. The number of benzene rings is 1. The molecule has 1 heterocycles. The van der Waals surface area contributed by atoms with Crippen LogP contribution < -0.4 is 0 Å². The van der Waals surface area contributed by atoms with Crippen LogP contribution in [0.4, 0.5) is 0 Å². The molecule has 1 saturated carbocycles. The Morgan fingerprint density at radius 2 is 2.29 bits per heavy atom. The summed E-state index contributed by atoms with van der Waals surface area (Å²) in [5.41, 5.74) is 1.86. The fourth-order valence-electron chi connectivity index (χ4n) is 2.06. The number of aromatic nitrogens is 2. The fourth-order valence-corrected chi connectivity index (χ4v) is 3.41. The number of fused-ring (bicyclic) bond motifs is 1. The quantitative estimate of drug-likeness (QED) is 0.876. The van der Waals surface area contributed by atoms with Gasteiger partial charge < -0.3 is 10.1 Å². The van der Waals surface area contributed by atoms with Crippen molar-refractivity contribution >= 4 is 28.8 Å². The summed E-state index contributed by atoms with van der Waals surface area (Å²) in [5, 5.41) is 9.28. The minimum absolute atomic E-state index is 0.603. The first-order valence-corrected chi connectivity index (χ1v) is 6.37. The molecule has 0 radical (unpaired) electrons. The van der Waals surface area contributed by atoms with Gasteiger partial charge in [0.2, 0.25) is 0 Å². The first kappa shape index (κ1) is 10.7. The van der Waals surface area contributed by atoms with Crippen LogP contribution in [-0.4, -0.2) is 25.8 Å². The zero-order valence-corrected chi connectivity index (χ0v) is 9.96. The van der Waals surface area contributed by atoms with Gasteiger partial charge in [-0.2, -0.15) is 0 Å². The molecule has 88 valence electrons. The van der Waals surface area contributed by atoms with Crippen LogP contribution >= 0.6 is 11.8 Å². The van der Waals surface area contributed by atoms with Gasteiger partial charge in [-0.05, 0) is 37.5 Å². The molecule has 5 heteroatoms. The standard InChI is InChI=1S/C12H12N2O2S/c15-11(16)12(4-1-5-12)17-8-2-3-9-10(6-8)14-7-13-9/h2-3,6-7H,1,4-5H2,(H,13,14)(H,15,16). The number of thioether (sulfide) groups is 1. The van der Waals surface area contributed by atoms with Crippen LogP contribution in [0.5, 0.6) is 0 Å². The summed E-state index contributed by atoms with van der Waals surface area (Å²) >= 11 is 1.46. The van der Waals surface area contributed by atoms with Crippen molar-refractivity contribution in [2.75, 3.05) is 0 Å². The molecule has 1 aromatic heterocycles. The third-order valence-electron chi connectivity index (χ3n) is 3.26. The van der Waals surface area contributed by atoms with Crippen molar-refractivity contribution in [3.63, 3.8) is 0 Å². The normalized spacial score (nSPS) is 17.9. The van der Waals surface area contributed by atoms with Crippen molar-refractivity contribution in [2.24, 2.45) is 0 Å². The Morgan fingerprint density at radius 3 is 2.94 bits per heavy atom. The molecule has 1 aromatic carbocycles. The lowest BCUT2D eigenvalue weighted by atomic mass is 9.84. The molecule has 4 nitrogen and oxygen atoms in total. The molecule has 1 fully saturated rings. The number of imidazole rings is 1. The van der Waals surface area contributed by atoms with E-state index in [0.717, 1.165) is 35.2 Å². The van der Waals surface area contributed by atoms with Gasteiger partial charge in [-0.25, -0.2) is 4.98 Å². The van der Waals surface area contributed by atoms with Gasteiger partial charge in [-0.1, -0.05) is 0 Å². The topological polar surface area (TPSA) is 66.0 Å².